The van der Waals surface area contributed by atoms with Crippen molar-refractivity contribution in [2.75, 3.05) is 57.3 Å². The van der Waals surface area contributed by atoms with Crippen LogP contribution in [0.1, 0.15) is 16.9 Å². The molecule has 41 heavy (non-hydrogen) atoms. The molecule has 12 heteroatoms. The van der Waals surface area contributed by atoms with Crippen LogP contribution in [0.15, 0.2) is 36.4 Å². The highest BCUT2D eigenvalue weighted by Gasteiger charge is 2.32. The van der Waals surface area contributed by atoms with Gasteiger partial charge in [-0.25, -0.2) is 4.39 Å². The standard InChI is InChI=1S/C29H31F4N4O2PS/c1-37-14-11-23(22(30)18-37)36-25-7-4-6-20-21(17-29(31,32)33)27(41-28(20)25)8-5-13-35-24-10-9-19(40(2,3)38)16-26(24)39-15-12-34/h4,6-7,9-10,16,22-23,35-36H,11,13-15,17-18H2,1-3H3/t22-,23?/m1/s1. The van der Waals surface area contributed by atoms with Crippen molar-refractivity contribution >= 4 is 45.2 Å². The Labute approximate surface area is 241 Å². The Morgan fingerprint density at radius 3 is 2.68 bits per heavy atom. The van der Waals surface area contributed by atoms with Gasteiger partial charge >= 0.3 is 6.18 Å². The van der Waals surface area contributed by atoms with Crippen LogP contribution in [0.2, 0.25) is 0 Å². The molecule has 1 aliphatic rings. The fraction of sp³-hybridized carbons (Fsp3) is 0.414. The third kappa shape index (κ3) is 7.95. The van der Waals surface area contributed by atoms with Gasteiger partial charge in [0.15, 0.2) is 6.61 Å². The van der Waals surface area contributed by atoms with Gasteiger partial charge in [-0.1, -0.05) is 24.0 Å². The van der Waals surface area contributed by atoms with E-state index >= 15 is 0 Å². The number of rotatable bonds is 8. The summed E-state index contributed by atoms with van der Waals surface area (Å²) in [5, 5.41) is 16.3. The van der Waals surface area contributed by atoms with Crippen LogP contribution in [-0.4, -0.2) is 69.9 Å². The van der Waals surface area contributed by atoms with Gasteiger partial charge in [0.2, 0.25) is 0 Å². The quantitative estimate of drug-likeness (QED) is 0.184. The molecule has 3 aromatic rings. The van der Waals surface area contributed by atoms with Crippen LogP contribution in [0.4, 0.5) is 28.9 Å². The van der Waals surface area contributed by atoms with Crippen LogP contribution in [0.25, 0.3) is 10.1 Å². The fourth-order valence-electron chi connectivity index (χ4n) is 4.67. The largest absolute Gasteiger partial charge is 0.477 e. The second-order valence-electron chi connectivity index (χ2n) is 10.3. The van der Waals surface area contributed by atoms with Crippen molar-refractivity contribution in [3.63, 3.8) is 0 Å². The Bertz CT molecular complexity index is 1550. The number of piperidine rings is 1. The second-order valence-corrected chi connectivity index (χ2v) is 14.6. The highest BCUT2D eigenvalue weighted by Crippen LogP contribution is 2.40. The third-order valence-corrected chi connectivity index (χ3v) is 9.45. The minimum Gasteiger partial charge on any atom is -0.477 e. The summed E-state index contributed by atoms with van der Waals surface area (Å²) in [6, 6.07) is 11.5. The number of nitrogens with one attached hydrogen (secondary N) is 2. The van der Waals surface area contributed by atoms with E-state index in [0.29, 0.717) is 50.4 Å². The molecule has 1 aromatic heterocycles. The summed E-state index contributed by atoms with van der Waals surface area (Å²) in [7, 11) is -0.709. The molecule has 1 aliphatic heterocycles. The van der Waals surface area contributed by atoms with E-state index in [1.807, 2.05) is 18.0 Å². The number of thiophene rings is 1. The van der Waals surface area contributed by atoms with E-state index in [2.05, 4.69) is 22.5 Å². The molecule has 0 radical (unpaired) electrons. The summed E-state index contributed by atoms with van der Waals surface area (Å²) >= 11 is 1.16. The van der Waals surface area contributed by atoms with Crippen molar-refractivity contribution in [2.24, 2.45) is 0 Å². The molecule has 2 heterocycles. The Kier molecular flexibility index (Phi) is 9.54. The Hall–Kier alpha value is -3.24. The Balaban J connectivity index is 1.61. The topological polar surface area (TPSA) is 77.4 Å². The molecule has 0 saturated carbocycles. The zero-order valence-electron chi connectivity index (χ0n) is 22.9. The minimum absolute atomic E-state index is 0.0854. The summed E-state index contributed by atoms with van der Waals surface area (Å²) in [6.07, 6.45) is -6.07. The molecular weight excluding hydrogens is 575 g/mol. The zero-order valence-corrected chi connectivity index (χ0v) is 24.7. The number of alkyl halides is 4. The molecule has 4 rings (SSSR count). The number of anilines is 2. The van der Waals surface area contributed by atoms with Crippen molar-refractivity contribution < 1.29 is 26.9 Å². The number of fused-ring (bicyclic) bond motifs is 1. The van der Waals surface area contributed by atoms with Crippen LogP contribution in [-0.2, 0) is 11.0 Å². The van der Waals surface area contributed by atoms with Crippen molar-refractivity contribution in [3.05, 3.63) is 46.8 Å². The van der Waals surface area contributed by atoms with Gasteiger partial charge in [0.25, 0.3) is 0 Å². The first kappa shape index (κ1) is 30.7. The third-order valence-electron chi connectivity index (χ3n) is 6.73. The fourth-order valence-corrected chi connectivity index (χ4v) is 6.70. The lowest BCUT2D eigenvalue weighted by Gasteiger charge is -2.33. The lowest BCUT2D eigenvalue weighted by Crippen LogP contribution is -2.46. The number of halogens is 4. The number of nitriles is 1. The highest BCUT2D eigenvalue weighted by atomic mass is 32.1. The van der Waals surface area contributed by atoms with E-state index in [1.165, 1.54) is 0 Å². The lowest BCUT2D eigenvalue weighted by molar-refractivity contribution is -0.126. The van der Waals surface area contributed by atoms with Crippen molar-refractivity contribution in [1.82, 2.24) is 4.90 Å². The normalized spacial score (nSPS) is 17.9. The average Bonchev–Trinajstić information content (AvgIpc) is 3.23. The van der Waals surface area contributed by atoms with E-state index < -0.39 is 32.0 Å². The first-order valence-electron chi connectivity index (χ1n) is 13.0. The summed E-state index contributed by atoms with van der Waals surface area (Å²) in [6.45, 7) is 4.16. The summed E-state index contributed by atoms with van der Waals surface area (Å²) < 4.78 is 74.0. The molecule has 1 saturated heterocycles. The van der Waals surface area contributed by atoms with Crippen LogP contribution < -0.4 is 20.7 Å². The average molecular weight is 607 g/mol. The summed E-state index contributed by atoms with van der Waals surface area (Å²) in [5.74, 6) is 6.14. The Morgan fingerprint density at radius 1 is 1.22 bits per heavy atom. The minimum atomic E-state index is -4.43. The van der Waals surface area contributed by atoms with Gasteiger partial charge in [-0.2, -0.15) is 18.4 Å². The first-order valence-corrected chi connectivity index (χ1v) is 16.4. The maximum atomic E-state index is 14.7. The highest BCUT2D eigenvalue weighted by molar-refractivity contribution is 7.70. The van der Waals surface area contributed by atoms with E-state index in [0.717, 1.165) is 17.9 Å². The number of nitrogens with zero attached hydrogens (tertiary/aromatic N) is 2. The molecule has 0 amide bonds. The van der Waals surface area contributed by atoms with Gasteiger partial charge in [-0.3, -0.25) is 0 Å². The predicted molar refractivity (Wildman–Crippen MR) is 158 cm³/mol. The van der Waals surface area contributed by atoms with Gasteiger partial charge in [-0.05, 0) is 62.0 Å². The monoisotopic (exact) mass is 606 g/mol. The predicted octanol–water partition coefficient (Wildman–Crippen LogP) is 6.07. The van der Waals surface area contributed by atoms with E-state index in [4.69, 9.17) is 10.00 Å². The van der Waals surface area contributed by atoms with Gasteiger partial charge in [-0.15, -0.1) is 11.3 Å². The Morgan fingerprint density at radius 2 is 2.00 bits per heavy atom. The molecule has 2 N–H and O–H groups in total. The number of hydrogen-bond donors (Lipinski definition) is 2. The molecule has 1 fully saturated rings. The van der Waals surface area contributed by atoms with E-state index in [1.54, 1.807) is 49.7 Å². The molecular formula is C29H31F4N4O2PS. The molecule has 0 bridgehead atoms. The summed E-state index contributed by atoms with van der Waals surface area (Å²) in [4.78, 5) is 2.21. The van der Waals surface area contributed by atoms with Gasteiger partial charge in [0.1, 0.15) is 25.1 Å². The number of hydrogen-bond acceptors (Lipinski definition) is 7. The number of ether oxygens (including phenoxy) is 1. The smallest absolute Gasteiger partial charge is 0.393 e. The SMILES string of the molecule is CN1CCC(Nc2cccc3c(CC(F)(F)F)c(C#CCNc4ccc(P(C)(C)=O)cc4OCC#N)sc23)[C@H](F)C1. The molecule has 0 aliphatic carbocycles. The van der Waals surface area contributed by atoms with Crippen molar-refractivity contribution in [2.45, 2.75) is 31.2 Å². The summed E-state index contributed by atoms with van der Waals surface area (Å²) in [5.41, 5.74) is 1.21. The van der Waals surface area contributed by atoms with E-state index in [-0.39, 0.29) is 18.7 Å². The maximum absolute atomic E-state index is 14.7. The number of benzene rings is 2. The molecule has 2 aromatic carbocycles. The zero-order chi connectivity index (χ0) is 29.8. The molecule has 1 unspecified atom stereocenters. The number of likely N-dealkylation sites (tertiary alicyclic amines) is 1. The van der Waals surface area contributed by atoms with Gasteiger partial charge in [0, 0.05) is 18.4 Å². The first-order chi connectivity index (χ1) is 19.4. The van der Waals surface area contributed by atoms with Gasteiger partial charge < -0.3 is 24.8 Å². The van der Waals surface area contributed by atoms with Crippen molar-refractivity contribution in [3.8, 4) is 23.7 Å². The molecule has 2 atom stereocenters. The van der Waals surface area contributed by atoms with Gasteiger partial charge in [0.05, 0.1) is 40.0 Å². The molecule has 6 nitrogen and oxygen atoms in total. The lowest BCUT2D eigenvalue weighted by atomic mass is 10.0. The maximum Gasteiger partial charge on any atom is 0.393 e. The van der Waals surface area contributed by atoms with Crippen LogP contribution in [0.5, 0.6) is 5.75 Å². The van der Waals surface area contributed by atoms with Crippen LogP contribution in [0.3, 0.4) is 0 Å². The molecule has 0 spiro atoms. The molecule has 218 valence electrons. The van der Waals surface area contributed by atoms with Crippen molar-refractivity contribution in [1.29, 1.82) is 5.26 Å². The van der Waals surface area contributed by atoms with E-state index in [9.17, 15) is 22.1 Å². The second kappa shape index (κ2) is 12.7. The van der Waals surface area contributed by atoms with Crippen LogP contribution in [0, 0.1) is 23.2 Å². The van der Waals surface area contributed by atoms with Crippen LogP contribution >= 0.6 is 18.5 Å².